The lowest BCUT2D eigenvalue weighted by Crippen LogP contribution is -2.49. The maximum atomic E-state index is 9.59. The van der Waals surface area contributed by atoms with Gasteiger partial charge in [0.2, 0.25) is 0 Å². The van der Waals surface area contributed by atoms with E-state index in [1.807, 2.05) is 0 Å². The normalized spacial score (nSPS) is 19.4. The largest absolute Gasteiger partial charge is 0.394 e. The number of hydrogen-bond donors (Lipinski definition) is 2. The van der Waals surface area contributed by atoms with Crippen LogP contribution in [-0.4, -0.2) is 47.3 Å². The van der Waals surface area contributed by atoms with Crippen LogP contribution < -0.4 is 5.32 Å². The first kappa shape index (κ1) is 16.9. The molecule has 1 fully saturated rings. The Balaban J connectivity index is 2.32. The van der Waals surface area contributed by atoms with Gasteiger partial charge < -0.3 is 15.3 Å². The lowest BCUT2D eigenvalue weighted by atomic mass is 9.95. The standard InChI is InChI=1S/C16H34N2O/c1-13(2)17-16(5,12-19)9-6-10-18(14(3)4)11-15-7-8-15/h13-15,17,19H,6-12H2,1-5H3. The summed E-state index contributed by atoms with van der Waals surface area (Å²) in [5.41, 5.74) is -0.129. The first-order valence-corrected chi connectivity index (χ1v) is 7.99. The van der Waals surface area contributed by atoms with Crippen molar-refractivity contribution in [1.82, 2.24) is 10.2 Å². The van der Waals surface area contributed by atoms with Gasteiger partial charge >= 0.3 is 0 Å². The average Bonchev–Trinajstić information content (AvgIpc) is 3.10. The molecule has 0 spiro atoms. The molecule has 1 saturated carbocycles. The highest BCUT2D eigenvalue weighted by molar-refractivity contribution is 4.85. The Labute approximate surface area is 119 Å². The van der Waals surface area contributed by atoms with Crippen LogP contribution in [0.2, 0.25) is 0 Å². The van der Waals surface area contributed by atoms with Gasteiger partial charge in [-0.15, -0.1) is 0 Å². The van der Waals surface area contributed by atoms with E-state index < -0.39 is 0 Å². The topological polar surface area (TPSA) is 35.5 Å². The third kappa shape index (κ3) is 6.73. The van der Waals surface area contributed by atoms with Crippen LogP contribution >= 0.6 is 0 Å². The Morgan fingerprint density at radius 1 is 1.26 bits per heavy atom. The molecule has 0 heterocycles. The van der Waals surface area contributed by atoms with Crippen molar-refractivity contribution in [2.75, 3.05) is 19.7 Å². The predicted octanol–water partition coefficient (Wildman–Crippen LogP) is 2.64. The summed E-state index contributed by atoms with van der Waals surface area (Å²) >= 11 is 0. The lowest BCUT2D eigenvalue weighted by Gasteiger charge is -2.33. The molecule has 1 aliphatic rings. The van der Waals surface area contributed by atoms with Gasteiger partial charge in [-0.1, -0.05) is 13.8 Å². The monoisotopic (exact) mass is 270 g/mol. The van der Waals surface area contributed by atoms with Crippen LogP contribution in [0.1, 0.15) is 60.3 Å². The zero-order valence-electron chi connectivity index (χ0n) is 13.6. The molecule has 19 heavy (non-hydrogen) atoms. The predicted molar refractivity (Wildman–Crippen MR) is 82.4 cm³/mol. The molecule has 0 radical (unpaired) electrons. The van der Waals surface area contributed by atoms with Gasteiger partial charge in [0.15, 0.2) is 0 Å². The molecule has 1 atom stereocenters. The molecule has 0 aromatic carbocycles. The fraction of sp³-hybridized carbons (Fsp3) is 1.00. The van der Waals surface area contributed by atoms with Gasteiger partial charge in [-0.3, -0.25) is 0 Å². The number of aliphatic hydroxyl groups is 1. The maximum absolute atomic E-state index is 9.59. The smallest absolute Gasteiger partial charge is 0.0610 e. The summed E-state index contributed by atoms with van der Waals surface area (Å²) in [5, 5.41) is 13.1. The van der Waals surface area contributed by atoms with Crippen LogP contribution in [0.25, 0.3) is 0 Å². The van der Waals surface area contributed by atoms with E-state index in [2.05, 4.69) is 44.8 Å². The van der Waals surface area contributed by atoms with Crippen molar-refractivity contribution in [1.29, 1.82) is 0 Å². The van der Waals surface area contributed by atoms with E-state index in [9.17, 15) is 5.11 Å². The SMILES string of the molecule is CC(C)NC(C)(CO)CCCN(CC1CC1)C(C)C. The Morgan fingerprint density at radius 2 is 1.89 bits per heavy atom. The van der Waals surface area contributed by atoms with Crippen LogP contribution in [0, 0.1) is 5.92 Å². The number of nitrogens with zero attached hydrogens (tertiary/aromatic N) is 1. The minimum atomic E-state index is -0.129. The Bertz CT molecular complexity index is 251. The minimum Gasteiger partial charge on any atom is -0.394 e. The summed E-state index contributed by atoms with van der Waals surface area (Å²) in [5.74, 6) is 0.959. The molecule has 0 aliphatic heterocycles. The Hall–Kier alpha value is -0.120. The minimum absolute atomic E-state index is 0.129. The van der Waals surface area contributed by atoms with Crippen molar-refractivity contribution in [2.24, 2.45) is 5.92 Å². The van der Waals surface area contributed by atoms with Crippen LogP contribution in [0.5, 0.6) is 0 Å². The summed E-state index contributed by atoms with van der Waals surface area (Å²) in [6.07, 6.45) is 5.04. The van der Waals surface area contributed by atoms with Crippen molar-refractivity contribution in [3.8, 4) is 0 Å². The third-order valence-corrected chi connectivity index (χ3v) is 4.08. The van der Waals surface area contributed by atoms with E-state index >= 15 is 0 Å². The highest BCUT2D eigenvalue weighted by Crippen LogP contribution is 2.30. The zero-order valence-corrected chi connectivity index (χ0v) is 13.6. The zero-order chi connectivity index (χ0) is 14.5. The summed E-state index contributed by atoms with van der Waals surface area (Å²) in [4.78, 5) is 2.60. The molecule has 1 aliphatic carbocycles. The van der Waals surface area contributed by atoms with Crippen molar-refractivity contribution in [2.45, 2.75) is 77.9 Å². The highest BCUT2D eigenvalue weighted by atomic mass is 16.3. The quantitative estimate of drug-likeness (QED) is 0.640. The maximum Gasteiger partial charge on any atom is 0.0610 e. The van der Waals surface area contributed by atoms with Crippen molar-refractivity contribution in [3.05, 3.63) is 0 Å². The summed E-state index contributed by atoms with van der Waals surface area (Å²) in [7, 11) is 0. The van der Waals surface area contributed by atoms with Gasteiger partial charge in [0.25, 0.3) is 0 Å². The van der Waals surface area contributed by atoms with Gasteiger partial charge in [-0.2, -0.15) is 0 Å². The molecule has 1 unspecified atom stereocenters. The molecule has 114 valence electrons. The van der Waals surface area contributed by atoms with Crippen LogP contribution in [0.15, 0.2) is 0 Å². The average molecular weight is 270 g/mol. The fourth-order valence-corrected chi connectivity index (χ4v) is 2.76. The van der Waals surface area contributed by atoms with Gasteiger partial charge in [0.1, 0.15) is 0 Å². The summed E-state index contributed by atoms with van der Waals surface area (Å²) < 4.78 is 0. The molecule has 0 saturated heterocycles. The molecular formula is C16H34N2O. The number of aliphatic hydroxyl groups excluding tert-OH is 1. The Morgan fingerprint density at radius 3 is 2.32 bits per heavy atom. The van der Waals surface area contributed by atoms with Gasteiger partial charge in [-0.25, -0.2) is 0 Å². The number of nitrogens with one attached hydrogen (secondary N) is 1. The highest BCUT2D eigenvalue weighted by Gasteiger charge is 2.27. The van der Waals surface area contributed by atoms with Crippen LogP contribution in [-0.2, 0) is 0 Å². The Kier molecular flexibility index (Phi) is 6.78. The molecule has 3 heteroatoms. The number of hydrogen-bond acceptors (Lipinski definition) is 3. The van der Waals surface area contributed by atoms with Crippen molar-refractivity contribution in [3.63, 3.8) is 0 Å². The molecule has 0 aromatic heterocycles. The summed E-state index contributed by atoms with van der Waals surface area (Å²) in [6, 6.07) is 1.06. The lowest BCUT2D eigenvalue weighted by molar-refractivity contribution is 0.142. The van der Waals surface area contributed by atoms with Crippen LogP contribution in [0.3, 0.4) is 0 Å². The van der Waals surface area contributed by atoms with E-state index in [-0.39, 0.29) is 12.1 Å². The summed E-state index contributed by atoms with van der Waals surface area (Å²) in [6.45, 7) is 13.6. The van der Waals surface area contributed by atoms with Crippen LogP contribution in [0.4, 0.5) is 0 Å². The second-order valence-corrected chi connectivity index (χ2v) is 7.15. The van der Waals surface area contributed by atoms with E-state index in [1.165, 1.54) is 19.4 Å². The fourth-order valence-electron chi connectivity index (χ4n) is 2.76. The van der Waals surface area contributed by atoms with E-state index in [0.29, 0.717) is 12.1 Å². The van der Waals surface area contributed by atoms with Gasteiger partial charge in [-0.05, 0) is 58.9 Å². The second-order valence-electron chi connectivity index (χ2n) is 7.15. The molecular weight excluding hydrogens is 236 g/mol. The van der Waals surface area contributed by atoms with E-state index in [4.69, 9.17) is 0 Å². The molecule has 2 N–H and O–H groups in total. The molecule has 0 aromatic rings. The van der Waals surface area contributed by atoms with Gasteiger partial charge in [0.05, 0.1) is 6.61 Å². The third-order valence-electron chi connectivity index (χ3n) is 4.08. The second kappa shape index (κ2) is 7.61. The molecule has 0 amide bonds. The van der Waals surface area contributed by atoms with Crippen molar-refractivity contribution < 1.29 is 5.11 Å². The van der Waals surface area contributed by atoms with Crippen molar-refractivity contribution >= 4 is 0 Å². The molecule has 3 nitrogen and oxygen atoms in total. The van der Waals surface area contributed by atoms with E-state index in [0.717, 1.165) is 25.3 Å². The molecule has 1 rings (SSSR count). The first-order valence-electron chi connectivity index (χ1n) is 7.99. The number of rotatable bonds is 10. The first-order chi connectivity index (χ1) is 8.86. The van der Waals surface area contributed by atoms with Gasteiger partial charge in [0, 0.05) is 24.2 Å². The van der Waals surface area contributed by atoms with E-state index in [1.54, 1.807) is 0 Å². The molecule has 0 bridgehead atoms.